The Morgan fingerprint density at radius 2 is 1.71 bits per heavy atom. The molecule has 178 valence electrons. The SMILES string of the molecule is C#C/C=C\C/C=C1/O[C@H]2C[C@H](CO[Si](c3ccccc3)(c3ccccc3)C(C)(C)C)O[C@H]2[C@@H]1Br. The van der Waals surface area contributed by atoms with Crippen LogP contribution in [0.25, 0.3) is 0 Å². The first-order valence-corrected chi connectivity index (χ1v) is 14.7. The summed E-state index contributed by atoms with van der Waals surface area (Å²) >= 11 is 3.79. The molecule has 4 atom stereocenters. The van der Waals surface area contributed by atoms with E-state index in [1.54, 1.807) is 6.08 Å². The molecule has 0 aromatic heterocycles. The van der Waals surface area contributed by atoms with Crippen molar-refractivity contribution in [3.8, 4) is 12.3 Å². The Labute approximate surface area is 213 Å². The van der Waals surface area contributed by atoms with Gasteiger partial charge in [0.05, 0.1) is 12.7 Å². The second-order valence-corrected chi connectivity index (χ2v) is 15.2. The van der Waals surface area contributed by atoms with Crippen molar-refractivity contribution in [2.45, 2.75) is 61.8 Å². The summed E-state index contributed by atoms with van der Waals surface area (Å²) in [5.41, 5.74) is 0. The molecule has 0 N–H and O–H groups in total. The second-order valence-electron chi connectivity index (χ2n) is 9.90. The minimum absolute atomic E-state index is 0.000384. The summed E-state index contributed by atoms with van der Waals surface area (Å²) in [6, 6.07) is 21.5. The van der Waals surface area contributed by atoms with Gasteiger partial charge in [-0.15, -0.1) is 6.42 Å². The smallest absolute Gasteiger partial charge is 0.261 e. The van der Waals surface area contributed by atoms with Gasteiger partial charge in [-0.2, -0.15) is 0 Å². The molecule has 3 nitrogen and oxygen atoms in total. The number of ether oxygens (including phenoxy) is 2. The van der Waals surface area contributed by atoms with Gasteiger partial charge in [0, 0.05) is 6.42 Å². The lowest BCUT2D eigenvalue weighted by Gasteiger charge is -2.43. The average molecular weight is 538 g/mol. The van der Waals surface area contributed by atoms with Gasteiger partial charge >= 0.3 is 0 Å². The molecule has 0 radical (unpaired) electrons. The minimum Gasteiger partial charge on any atom is -0.491 e. The van der Waals surface area contributed by atoms with Crippen LogP contribution in [0.4, 0.5) is 0 Å². The maximum absolute atomic E-state index is 7.07. The molecular formula is C29H33BrO3Si. The molecule has 0 spiro atoms. The molecule has 4 rings (SSSR count). The average Bonchev–Trinajstić information content (AvgIpc) is 3.36. The Bertz CT molecular complexity index is 1010. The normalized spacial score (nSPS) is 25.9. The van der Waals surface area contributed by atoms with Crippen LogP contribution in [0, 0.1) is 12.3 Å². The number of benzene rings is 2. The van der Waals surface area contributed by atoms with Gasteiger partial charge in [0.1, 0.15) is 22.8 Å². The van der Waals surface area contributed by atoms with Gasteiger partial charge in [-0.1, -0.05) is 109 Å². The van der Waals surface area contributed by atoms with Crippen LogP contribution in [0.1, 0.15) is 33.6 Å². The van der Waals surface area contributed by atoms with Gasteiger partial charge in [-0.3, -0.25) is 0 Å². The third kappa shape index (κ3) is 4.97. The van der Waals surface area contributed by atoms with Crippen LogP contribution < -0.4 is 10.4 Å². The molecule has 2 aliphatic heterocycles. The third-order valence-corrected chi connectivity index (χ3v) is 12.6. The largest absolute Gasteiger partial charge is 0.491 e. The molecule has 2 fully saturated rings. The lowest BCUT2D eigenvalue weighted by Crippen LogP contribution is -2.67. The van der Waals surface area contributed by atoms with Crippen molar-refractivity contribution < 1.29 is 13.9 Å². The number of hydrogen-bond acceptors (Lipinski definition) is 3. The summed E-state index contributed by atoms with van der Waals surface area (Å²) in [5, 5.41) is 2.51. The molecule has 0 amide bonds. The van der Waals surface area contributed by atoms with Crippen molar-refractivity contribution in [2.75, 3.05) is 6.61 Å². The van der Waals surface area contributed by atoms with Crippen molar-refractivity contribution in [3.05, 3.63) is 84.7 Å². The third-order valence-electron chi connectivity index (χ3n) is 6.63. The highest BCUT2D eigenvalue weighted by Gasteiger charge is 2.52. The van der Waals surface area contributed by atoms with E-state index in [-0.39, 0.29) is 28.2 Å². The zero-order valence-electron chi connectivity index (χ0n) is 20.1. The van der Waals surface area contributed by atoms with Crippen molar-refractivity contribution >= 4 is 34.6 Å². The van der Waals surface area contributed by atoms with Crippen molar-refractivity contribution in [3.63, 3.8) is 0 Å². The fourth-order valence-corrected chi connectivity index (χ4v) is 10.5. The summed E-state index contributed by atoms with van der Waals surface area (Å²) in [6.45, 7) is 7.44. The summed E-state index contributed by atoms with van der Waals surface area (Å²) in [5.74, 6) is 3.45. The van der Waals surface area contributed by atoms with E-state index in [1.165, 1.54) is 10.4 Å². The summed E-state index contributed by atoms with van der Waals surface area (Å²) in [7, 11) is -2.58. The molecule has 2 saturated heterocycles. The number of rotatable bonds is 7. The highest BCUT2D eigenvalue weighted by molar-refractivity contribution is 9.09. The van der Waals surface area contributed by atoms with Crippen LogP contribution in [-0.2, 0) is 13.9 Å². The van der Waals surface area contributed by atoms with Crippen LogP contribution in [0.2, 0.25) is 5.04 Å². The molecule has 34 heavy (non-hydrogen) atoms. The minimum atomic E-state index is -2.58. The van der Waals surface area contributed by atoms with Gasteiger partial charge in [-0.25, -0.2) is 0 Å². The maximum atomic E-state index is 7.07. The van der Waals surface area contributed by atoms with Gasteiger partial charge in [0.15, 0.2) is 0 Å². The van der Waals surface area contributed by atoms with E-state index in [4.69, 9.17) is 20.3 Å². The van der Waals surface area contributed by atoms with Gasteiger partial charge in [0.2, 0.25) is 0 Å². The molecule has 2 heterocycles. The van der Waals surface area contributed by atoms with Crippen LogP contribution in [0.3, 0.4) is 0 Å². The first kappa shape index (κ1) is 25.0. The zero-order valence-corrected chi connectivity index (χ0v) is 22.7. The Morgan fingerprint density at radius 3 is 2.24 bits per heavy atom. The van der Waals surface area contributed by atoms with E-state index in [0.29, 0.717) is 6.61 Å². The van der Waals surface area contributed by atoms with E-state index in [1.807, 2.05) is 6.08 Å². The lowest BCUT2D eigenvalue weighted by molar-refractivity contribution is 0.0166. The molecule has 0 unspecified atom stereocenters. The number of alkyl halides is 1. The number of hydrogen-bond donors (Lipinski definition) is 0. The van der Waals surface area contributed by atoms with Gasteiger partial charge in [0.25, 0.3) is 8.32 Å². The topological polar surface area (TPSA) is 27.7 Å². The second kappa shape index (κ2) is 10.7. The monoisotopic (exact) mass is 536 g/mol. The van der Waals surface area contributed by atoms with Crippen molar-refractivity contribution in [2.24, 2.45) is 0 Å². The summed E-state index contributed by atoms with van der Waals surface area (Å²) < 4.78 is 19.8. The molecule has 0 bridgehead atoms. The molecule has 5 heteroatoms. The fourth-order valence-electron chi connectivity index (χ4n) is 5.10. The van der Waals surface area contributed by atoms with Crippen LogP contribution in [0.15, 0.2) is 84.7 Å². The van der Waals surface area contributed by atoms with Crippen molar-refractivity contribution in [1.29, 1.82) is 0 Å². The summed E-state index contributed by atoms with van der Waals surface area (Å²) in [6.07, 6.45) is 12.6. The summed E-state index contributed by atoms with van der Waals surface area (Å²) in [4.78, 5) is 0.0506. The van der Waals surface area contributed by atoms with E-state index in [9.17, 15) is 0 Å². The van der Waals surface area contributed by atoms with Crippen molar-refractivity contribution in [1.82, 2.24) is 0 Å². The molecular weight excluding hydrogens is 504 g/mol. The first-order valence-electron chi connectivity index (χ1n) is 11.9. The number of terminal acetylenes is 1. The number of fused-ring (bicyclic) bond motifs is 1. The molecule has 2 aromatic carbocycles. The Kier molecular flexibility index (Phi) is 7.84. The maximum Gasteiger partial charge on any atom is 0.261 e. The molecule has 2 aliphatic rings. The number of allylic oxidation sites excluding steroid dienone is 3. The predicted octanol–water partition coefficient (Wildman–Crippen LogP) is 5.35. The number of halogens is 1. The Balaban J connectivity index is 1.52. The van der Waals surface area contributed by atoms with Crippen LogP contribution in [0.5, 0.6) is 0 Å². The van der Waals surface area contributed by atoms with E-state index >= 15 is 0 Å². The van der Waals surface area contributed by atoms with E-state index in [2.05, 4.69) is 109 Å². The van der Waals surface area contributed by atoms with E-state index in [0.717, 1.165) is 18.6 Å². The first-order chi connectivity index (χ1) is 16.4. The standard InChI is InChI=1S/C29H33BrO3Si/c1-5-6-7-14-19-25-27(30)28-26(33-25)20-22(32-28)21-31-34(29(2,3)4,23-15-10-8-11-16-23)24-17-12-9-13-18-24/h1,6-13,15-19,22,26-28H,14,20-21H2,2-4H3/b7-6-,25-19+/t22-,26+,27-,28-/m1/s1. The highest BCUT2D eigenvalue weighted by Crippen LogP contribution is 2.42. The van der Waals surface area contributed by atoms with Crippen LogP contribution in [-0.4, -0.2) is 38.1 Å². The molecule has 2 aromatic rings. The zero-order chi connectivity index (χ0) is 24.2. The lowest BCUT2D eigenvalue weighted by atomic mass is 10.1. The Hall–Kier alpha value is -2.10. The van der Waals surface area contributed by atoms with Gasteiger partial charge < -0.3 is 13.9 Å². The molecule has 0 aliphatic carbocycles. The predicted molar refractivity (Wildman–Crippen MR) is 145 cm³/mol. The highest BCUT2D eigenvalue weighted by atomic mass is 79.9. The van der Waals surface area contributed by atoms with E-state index < -0.39 is 8.32 Å². The fraction of sp³-hybridized carbons (Fsp3) is 0.379. The van der Waals surface area contributed by atoms with Crippen LogP contribution >= 0.6 is 15.9 Å². The Morgan fingerprint density at radius 1 is 1.09 bits per heavy atom. The molecule has 0 saturated carbocycles. The van der Waals surface area contributed by atoms with Gasteiger partial charge in [-0.05, 0) is 34.0 Å². The quantitative estimate of drug-likeness (QED) is 0.271.